The summed E-state index contributed by atoms with van der Waals surface area (Å²) >= 11 is 0. The van der Waals surface area contributed by atoms with E-state index < -0.39 is 5.54 Å². The molecule has 27 heavy (non-hydrogen) atoms. The molecule has 3 heterocycles. The molecule has 0 unspecified atom stereocenters. The van der Waals surface area contributed by atoms with E-state index in [2.05, 4.69) is 10.2 Å². The Hall–Kier alpha value is -3.06. The third-order valence-corrected chi connectivity index (χ3v) is 5.54. The summed E-state index contributed by atoms with van der Waals surface area (Å²) < 4.78 is 10.9. The summed E-state index contributed by atoms with van der Waals surface area (Å²) in [7, 11) is 1.96. The summed E-state index contributed by atoms with van der Waals surface area (Å²) in [6.07, 6.45) is 0. The molecule has 0 saturated carbocycles. The Labute approximate surface area is 156 Å². The van der Waals surface area contributed by atoms with Gasteiger partial charge in [-0.15, -0.1) is 0 Å². The number of ether oxygens (including phenoxy) is 2. The van der Waals surface area contributed by atoms with Gasteiger partial charge in [0, 0.05) is 19.0 Å². The van der Waals surface area contributed by atoms with E-state index in [-0.39, 0.29) is 24.6 Å². The fourth-order valence-corrected chi connectivity index (χ4v) is 4.33. The lowest BCUT2D eigenvalue weighted by atomic mass is 9.81. The summed E-state index contributed by atoms with van der Waals surface area (Å²) in [6, 6.07) is 14.4. The lowest BCUT2D eigenvalue weighted by Gasteiger charge is -2.28. The molecule has 7 heteroatoms. The third kappa shape index (κ3) is 2.31. The maximum Gasteiger partial charge on any atom is 0.329 e. The quantitative estimate of drug-likeness (QED) is 0.824. The van der Waals surface area contributed by atoms with Gasteiger partial charge in [0.25, 0.3) is 5.91 Å². The zero-order valence-corrected chi connectivity index (χ0v) is 14.8. The molecule has 0 aromatic heterocycles. The highest BCUT2D eigenvalue weighted by Gasteiger charge is 2.60. The van der Waals surface area contributed by atoms with Crippen LogP contribution in [-0.2, 0) is 4.79 Å². The van der Waals surface area contributed by atoms with Crippen molar-refractivity contribution in [2.45, 2.75) is 11.5 Å². The number of para-hydroxylation sites is 1. The molecule has 1 N–H and O–H groups in total. The van der Waals surface area contributed by atoms with Crippen molar-refractivity contribution in [1.82, 2.24) is 10.2 Å². The maximum absolute atomic E-state index is 13.5. The first kappa shape index (κ1) is 16.1. The molecular formula is C20H19N3O4. The maximum atomic E-state index is 13.5. The Morgan fingerprint density at radius 3 is 2.67 bits per heavy atom. The predicted octanol–water partition coefficient (Wildman–Crippen LogP) is 1.94. The van der Waals surface area contributed by atoms with Crippen molar-refractivity contribution in [3.05, 3.63) is 54.1 Å². The van der Waals surface area contributed by atoms with Gasteiger partial charge in [0.1, 0.15) is 5.54 Å². The molecule has 2 fully saturated rings. The molecule has 138 valence electrons. The number of carbonyl (C=O) groups is 2. The van der Waals surface area contributed by atoms with E-state index in [1.54, 1.807) is 12.1 Å². The van der Waals surface area contributed by atoms with E-state index in [9.17, 15) is 9.59 Å². The molecule has 0 bridgehead atoms. The SMILES string of the molecule is CN1C[C@H](c2ccc3c(c2)OCO3)[C@]2(C1)NC(=O)N(c1ccccc1)C2=O. The number of carbonyl (C=O) groups excluding carboxylic acids is 2. The highest BCUT2D eigenvalue weighted by Crippen LogP contribution is 2.43. The molecular weight excluding hydrogens is 346 g/mol. The Morgan fingerprint density at radius 1 is 1.07 bits per heavy atom. The first-order chi connectivity index (χ1) is 13.1. The van der Waals surface area contributed by atoms with Crippen molar-refractivity contribution in [2.75, 3.05) is 31.8 Å². The Kier molecular flexibility index (Phi) is 3.42. The number of hydrogen-bond donors (Lipinski definition) is 1. The van der Waals surface area contributed by atoms with E-state index in [4.69, 9.17) is 9.47 Å². The molecule has 2 aromatic carbocycles. The molecule has 0 aliphatic carbocycles. The van der Waals surface area contributed by atoms with E-state index >= 15 is 0 Å². The molecule has 3 amide bonds. The lowest BCUT2D eigenvalue weighted by molar-refractivity contribution is -0.122. The summed E-state index contributed by atoms with van der Waals surface area (Å²) in [6.45, 7) is 1.32. The van der Waals surface area contributed by atoms with Gasteiger partial charge in [-0.25, -0.2) is 9.69 Å². The van der Waals surface area contributed by atoms with Crippen LogP contribution in [-0.4, -0.2) is 49.3 Å². The Morgan fingerprint density at radius 2 is 1.85 bits per heavy atom. The van der Waals surface area contributed by atoms with Gasteiger partial charge >= 0.3 is 6.03 Å². The zero-order valence-electron chi connectivity index (χ0n) is 14.8. The number of urea groups is 1. The van der Waals surface area contributed by atoms with E-state index in [1.807, 2.05) is 43.4 Å². The number of benzene rings is 2. The summed E-state index contributed by atoms with van der Waals surface area (Å²) in [5.41, 5.74) is 0.540. The molecule has 3 aliphatic rings. The van der Waals surface area contributed by atoms with Gasteiger partial charge in [-0.2, -0.15) is 0 Å². The average Bonchev–Trinajstić information content (AvgIpc) is 3.32. The topological polar surface area (TPSA) is 71.1 Å². The van der Waals surface area contributed by atoms with Crippen LogP contribution in [0.3, 0.4) is 0 Å². The number of nitrogens with one attached hydrogen (secondary N) is 1. The highest BCUT2D eigenvalue weighted by molar-refractivity contribution is 6.24. The molecule has 1 spiro atoms. The van der Waals surface area contributed by atoms with Crippen LogP contribution in [0.5, 0.6) is 11.5 Å². The first-order valence-electron chi connectivity index (χ1n) is 8.88. The number of nitrogens with zero attached hydrogens (tertiary/aromatic N) is 2. The van der Waals surface area contributed by atoms with Crippen LogP contribution in [0.15, 0.2) is 48.5 Å². The van der Waals surface area contributed by atoms with Crippen LogP contribution < -0.4 is 19.7 Å². The number of hydrogen-bond acceptors (Lipinski definition) is 5. The van der Waals surface area contributed by atoms with Crippen molar-refractivity contribution < 1.29 is 19.1 Å². The van der Waals surface area contributed by atoms with Crippen LogP contribution in [0, 0.1) is 0 Å². The predicted molar refractivity (Wildman–Crippen MR) is 98.0 cm³/mol. The normalized spacial score (nSPS) is 26.9. The molecule has 0 radical (unpaired) electrons. The monoisotopic (exact) mass is 365 g/mol. The van der Waals surface area contributed by atoms with Gasteiger partial charge in [0.15, 0.2) is 11.5 Å². The third-order valence-electron chi connectivity index (χ3n) is 5.54. The summed E-state index contributed by atoms with van der Waals surface area (Å²) in [4.78, 5) is 29.5. The van der Waals surface area contributed by atoms with Gasteiger partial charge in [-0.05, 0) is 36.9 Å². The minimum absolute atomic E-state index is 0.179. The standard InChI is InChI=1S/C20H19N3O4/c1-22-10-15(13-7-8-16-17(9-13)27-12-26-16)20(11-22)18(24)23(19(25)21-20)14-5-3-2-4-6-14/h2-9,15H,10-12H2,1H3,(H,21,25)/t15-,20+/m1/s1. The van der Waals surface area contributed by atoms with Gasteiger partial charge in [-0.1, -0.05) is 24.3 Å². The fourth-order valence-electron chi connectivity index (χ4n) is 4.33. The van der Waals surface area contributed by atoms with Crippen molar-refractivity contribution in [3.8, 4) is 11.5 Å². The van der Waals surface area contributed by atoms with Crippen molar-refractivity contribution >= 4 is 17.6 Å². The second-order valence-corrected chi connectivity index (χ2v) is 7.24. The minimum atomic E-state index is -0.991. The lowest BCUT2D eigenvalue weighted by Crippen LogP contribution is -2.52. The van der Waals surface area contributed by atoms with Crippen molar-refractivity contribution in [3.63, 3.8) is 0 Å². The number of fused-ring (bicyclic) bond motifs is 1. The molecule has 2 aromatic rings. The van der Waals surface area contributed by atoms with Gasteiger partial charge in [0.2, 0.25) is 6.79 Å². The van der Waals surface area contributed by atoms with Gasteiger partial charge in [0.05, 0.1) is 5.69 Å². The largest absolute Gasteiger partial charge is 0.454 e. The smallest absolute Gasteiger partial charge is 0.329 e. The molecule has 3 aliphatic heterocycles. The van der Waals surface area contributed by atoms with Crippen LogP contribution in [0.2, 0.25) is 0 Å². The van der Waals surface area contributed by atoms with E-state index in [1.165, 1.54) is 4.90 Å². The average molecular weight is 365 g/mol. The van der Waals surface area contributed by atoms with Crippen LogP contribution >= 0.6 is 0 Å². The Balaban J connectivity index is 1.56. The van der Waals surface area contributed by atoms with Gasteiger partial charge in [-0.3, -0.25) is 4.79 Å². The van der Waals surface area contributed by atoms with Crippen LogP contribution in [0.1, 0.15) is 11.5 Å². The molecule has 7 nitrogen and oxygen atoms in total. The number of likely N-dealkylation sites (tertiary alicyclic amines) is 1. The second kappa shape index (κ2) is 5.72. The van der Waals surface area contributed by atoms with E-state index in [0.29, 0.717) is 30.3 Å². The molecule has 2 atom stereocenters. The fraction of sp³-hybridized carbons (Fsp3) is 0.300. The van der Waals surface area contributed by atoms with Crippen LogP contribution in [0.4, 0.5) is 10.5 Å². The minimum Gasteiger partial charge on any atom is -0.454 e. The van der Waals surface area contributed by atoms with Crippen LogP contribution in [0.25, 0.3) is 0 Å². The van der Waals surface area contributed by atoms with Crippen molar-refractivity contribution in [2.24, 2.45) is 0 Å². The number of rotatable bonds is 2. The number of anilines is 1. The number of likely N-dealkylation sites (N-methyl/N-ethyl adjacent to an activating group) is 1. The second-order valence-electron chi connectivity index (χ2n) is 7.24. The molecule has 2 saturated heterocycles. The zero-order chi connectivity index (χ0) is 18.6. The first-order valence-corrected chi connectivity index (χ1v) is 8.88. The highest BCUT2D eigenvalue weighted by atomic mass is 16.7. The number of amides is 3. The summed E-state index contributed by atoms with van der Waals surface area (Å²) in [5, 5.41) is 3.00. The number of imide groups is 1. The summed E-state index contributed by atoms with van der Waals surface area (Å²) in [5.74, 6) is 0.980. The molecule has 5 rings (SSSR count). The van der Waals surface area contributed by atoms with E-state index in [0.717, 1.165) is 5.56 Å². The Bertz CT molecular complexity index is 932. The van der Waals surface area contributed by atoms with Crippen molar-refractivity contribution in [1.29, 1.82) is 0 Å². The van der Waals surface area contributed by atoms with Gasteiger partial charge < -0.3 is 19.7 Å².